The highest BCUT2D eigenvalue weighted by Gasteiger charge is 2.19. The molecule has 0 spiro atoms. The van der Waals surface area contributed by atoms with E-state index in [4.69, 9.17) is 4.98 Å². The molecule has 0 amide bonds. The number of hydrogen-bond acceptors (Lipinski definition) is 5. The van der Waals surface area contributed by atoms with Crippen LogP contribution in [0.4, 0.5) is 5.13 Å². The van der Waals surface area contributed by atoms with Gasteiger partial charge in [0.2, 0.25) is 0 Å². The Labute approximate surface area is 127 Å². The summed E-state index contributed by atoms with van der Waals surface area (Å²) >= 11 is 1.77. The first-order chi connectivity index (χ1) is 9.60. The molecular weight excluding hydrogens is 268 g/mol. The van der Waals surface area contributed by atoms with Crippen LogP contribution in [0.1, 0.15) is 38.4 Å². The van der Waals surface area contributed by atoms with Gasteiger partial charge in [0.15, 0.2) is 5.13 Å². The minimum atomic E-state index is 0.349. The largest absolute Gasteiger partial charge is 0.351 e. The summed E-state index contributed by atoms with van der Waals surface area (Å²) in [6.07, 6.45) is 2.62. The Bertz CT molecular complexity index is 398. The Morgan fingerprint density at radius 1 is 1.50 bits per heavy atom. The summed E-state index contributed by atoms with van der Waals surface area (Å²) in [4.78, 5) is 9.54. The second-order valence-electron chi connectivity index (χ2n) is 5.96. The summed E-state index contributed by atoms with van der Waals surface area (Å²) in [6.45, 7) is 8.91. The predicted octanol–water partition coefficient (Wildman–Crippen LogP) is 2.59. The molecule has 2 rings (SSSR count). The topological polar surface area (TPSA) is 31.4 Å². The molecular formula is C15H28N4S. The second-order valence-corrected chi connectivity index (χ2v) is 6.80. The highest BCUT2D eigenvalue weighted by molar-refractivity contribution is 7.13. The number of aromatic nitrogens is 1. The highest BCUT2D eigenvalue weighted by Crippen LogP contribution is 2.25. The molecule has 0 aliphatic carbocycles. The molecule has 4 nitrogen and oxygen atoms in total. The zero-order valence-corrected chi connectivity index (χ0v) is 14.0. The average Bonchev–Trinajstić information content (AvgIpc) is 2.91. The Morgan fingerprint density at radius 2 is 2.20 bits per heavy atom. The van der Waals surface area contributed by atoms with Crippen LogP contribution in [0.5, 0.6) is 0 Å². The van der Waals surface area contributed by atoms with Crippen molar-refractivity contribution in [2.45, 2.75) is 32.7 Å². The van der Waals surface area contributed by atoms with Gasteiger partial charge in [-0.15, -0.1) is 11.3 Å². The standard InChI is InChI=1S/C15H28N4S/c1-5-16-12(2)14-11-20-15(17-14)19(4)10-13-6-8-18(3)9-7-13/h11-13,16H,5-10H2,1-4H3. The minimum absolute atomic E-state index is 0.349. The van der Waals surface area contributed by atoms with E-state index in [1.54, 1.807) is 11.3 Å². The fourth-order valence-electron chi connectivity index (χ4n) is 2.77. The van der Waals surface area contributed by atoms with Gasteiger partial charge < -0.3 is 15.1 Å². The van der Waals surface area contributed by atoms with Gasteiger partial charge in [-0.25, -0.2) is 4.98 Å². The van der Waals surface area contributed by atoms with Gasteiger partial charge in [0.05, 0.1) is 5.69 Å². The lowest BCUT2D eigenvalue weighted by Gasteiger charge is -2.31. The summed E-state index contributed by atoms with van der Waals surface area (Å²) in [5.41, 5.74) is 1.17. The Morgan fingerprint density at radius 3 is 2.85 bits per heavy atom. The van der Waals surface area contributed by atoms with Crippen LogP contribution >= 0.6 is 11.3 Å². The lowest BCUT2D eigenvalue weighted by molar-refractivity contribution is 0.222. The van der Waals surface area contributed by atoms with Gasteiger partial charge in [-0.3, -0.25) is 0 Å². The van der Waals surface area contributed by atoms with Gasteiger partial charge in [0, 0.05) is 25.0 Å². The molecule has 0 bridgehead atoms. The van der Waals surface area contributed by atoms with E-state index in [0.717, 1.165) is 24.1 Å². The van der Waals surface area contributed by atoms with Crippen LogP contribution in [0.2, 0.25) is 0 Å². The van der Waals surface area contributed by atoms with Gasteiger partial charge >= 0.3 is 0 Å². The van der Waals surface area contributed by atoms with Crippen LogP contribution in [-0.4, -0.2) is 50.2 Å². The average molecular weight is 296 g/mol. The molecule has 114 valence electrons. The van der Waals surface area contributed by atoms with Crippen LogP contribution in [0, 0.1) is 5.92 Å². The third kappa shape index (κ3) is 4.17. The fraction of sp³-hybridized carbons (Fsp3) is 0.800. The number of hydrogen-bond donors (Lipinski definition) is 1. The van der Waals surface area contributed by atoms with E-state index in [1.165, 1.54) is 31.6 Å². The summed E-state index contributed by atoms with van der Waals surface area (Å²) in [6, 6.07) is 0.349. The van der Waals surface area contributed by atoms with Gasteiger partial charge in [0.25, 0.3) is 0 Å². The van der Waals surface area contributed by atoms with E-state index in [1.807, 2.05) is 0 Å². The van der Waals surface area contributed by atoms with Crippen molar-refractivity contribution in [2.24, 2.45) is 5.92 Å². The number of rotatable bonds is 6. The first kappa shape index (κ1) is 15.7. The second kappa shape index (κ2) is 7.38. The monoisotopic (exact) mass is 296 g/mol. The van der Waals surface area contributed by atoms with Crippen LogP contribution in [0.25, 0.3) is 0 Å². The molecule has 1 unspecified atom stereocenters. The molecule has 5 heteroatoms. The van der Waals surface area contributed by atoms with E-state index in [2.05, 4.69) is 48.4 Å². The fourth-order valence-corrected chi connectivity index (χ4v) is 3.67. The van der Waals surface area contributed by atoms with Crippen molar-refractivity contribution in [2.75, 3.05) is 45.2 Å². The molecule has 0 radical (unpaired) electrons. The number of nitrogens with zero attached hydrogens (tertiary/aromatic N) is 3. The van der Waals surface area contributed by atoms with Crippen molar-refractivity contribution in [3.63, 3.8) is 0 Å². The summed E-state index contributed by atoms with van der Waals surface area (Å²) in [5, 5.41) is 6.76. The summed E-state index contributed by atoms with van der Waals surface area (Å²) in [7, 11) is 4.40. The third-order valence-corrected chi connectivity index (χ3v) is 5.13. The maximum atomic E-state index is 4.78. The van der Waals surface area contributed by atoms with Crippen LogP contribution in [0.3, 0.4) is 0 Å². The molecule has 0 saturated carbocycles. The Kier molecular flexibility index (Phi) is 5.81. The lowest BCUT2D eigenvalue weighted by Crippen LogP contribution is -2.35. The smallest absolute Gasteiger partial charge is 0.185 e. The molecule has 1 aromatic heterocycles. The van der Waals surface area contributed by atoms with Gasteiger partial charge in [-0.1, -0.05) is 6.92 Å². The van der Waals surface area contributed by atoms with Crippen molar-refractivity contribution < 1.29 is 0 Å². The molecule has 20 heavy (non-hydrogen) atoms. The van der Waals surface area contributed by atoms with E-state index >= 15 is 0 Å². The highest BCUT2D eigenvalue weighted by atomic mass is 32.1. The number of nitrogens with one attached hydrogen (secondary N) is 1. The van der Waals surface area contributed by atoms with Crippen LogP contribution in [0.15, 0.2) is 5.38 Å². The number of likely N-dealkylation sites (tertiary alicyclic amines) is 1. The van der Waals surface area contributed by atoms with Crippen molar-refractivity contribution in [3.05, 3.63) is 11.1 Å². The lowest BCUT2D eigenvalue weighted by atomic mass is 9.97. The molecule has 1 aliphatic rings. The Hall–Kier alpha value is -0.650. The molecule has 0 aromatic carbocycles. The van der Waals surface area contributed by atoms with Crippen molar-refractivity contribution in [1.82, 2.24) is 15.2 Å². The normalized spacial score (nSPS) is 19.2. The molecule has 1 fully saturated rings. The van der Waals surface area contributed by atoms with Crippen molar-refractivity contribution >= 4 is 16.5 Å². The maximum Gasteiger partial charge on any atom is 0.185 e. The quantitative estimate of drug-likeness (QED) is 0.874. The summed E-state index contributed by atoms with van der Waals surface area (Å²) < 4.78 is 0. The predicted molar refractivity (Wildman–Crippen MR) is 87.7 cm³/mol. The number of thiazole rings is 1. The zero-order valence-electron chi connectivity index (χ0n) is 13.2. The number of anilines is 1. The number of piperidine rings is 1. The van der Waals surface area contributed by atoms with Gasteiger partial charge in [0.1, 0.15) is 0 Å². The first-order valence-electron chi connectivity index (χ1n) is 7.68. The molecule has 1 N–H and O–H groups in total. The third-order valence-electron chi connectivity index (χ3n) is 4.16. The first-order valence-corrected chi connectivity index (χ1v) is 8.56. The van der Waals surface area contributed by atoms with E-state index in [-0.39, 0.29) is 0 Å². The maximum absolute atomic E-state index is 4.78. The zero-order chi connectivity index (χ0) is 14.5. The molecule has 2 heterocycles. The van der Waals surface area contributed by atoms with Crippen LogP contribution < -0.4 is 10.2 Å². The van der Waals surface area contributed by atoms with E-state index in [0.29, 0.717) is 6.04 Å². The van der Waals surface area contributed by atoms with Crippen LogP contribution in [-0.2, 0) is 0 Å². The molecule has 1 atom stereocenters. The van der Waals surface area contributed by atoms with Crippen molar-refractivity contribution in [3.8, 4) is 0 Å². The molecule has 1 aromatic rings. The Balaban J connectivity index is 1.87. The SMILES string of the molecule is CCNC(C)c1csc(N(C)CC2CCN(C)CC2)n1. The van der Waals surface area contributed by atoms with Gasteiger partial charge in [-0.05, 0) is 52.4 Å². The summed E-state index contributed by atoms with van der Waals surface area (Å²) in [5.74, 6) is 0.815. The van der Waals surface area contributed by atoms with Gasteiger partial charge in [-0.2, -0.15) is 0 Å². The van der Waals surface area contributed by atoms with E-state index < -0.39 is 0 Å². The van der Waals surface area contributed by atoms with E-state index in [9.17, 15) is 0 Å². The van der Waals surface area contributed by atoms with Crippen molar-refractivity contribution in [1.29, 1.82) is 0 Å². The molecule has 1 aliphatic heterocycles. The minimum Gasteiger partial charge on any atom is -0.351 e. The molecule has 1 saturated heterocycles.